The van der Waals surface area contributed by atoms with Crippen LogP contribution < -0.4 is 5.32 Å². The van der Waals surface area contributed by atoms with Gasteiger partial charge in [-0.2, -0.15) is 0 Å². The van der Waals surface area contributed by atoms with Crippen molar-refractivity contribution in [2.75, 3.05) is 5.32 Å². The fourth-order valence-electron chi connectivity index (χ4n) is 2.14. The van der Waals surface area contributed by atoms with Crippen LogP contribution in [0.3, 0.4) is 0 Å². The minimum absolute atomic E-state index is 0.00419. The van der Waals surface area contributed by atoms with Gasteiger partial charge in [0, 0.05) is 5.69 Å². The third-order valence-corrected chi connectivity index (χ3v) is 3.23. The van der Waals surface area contributed by atoms with E-state index in [1.165, 1.54) is 0 Å². The smallest absolute Gasteiger partial charge is 0.259 e. The zero-order chi connectivity index (χ0) is 14.7. The van der Waals surface area contributed by atoms with Crippen molar-refractivity contribution in [1.29, 1.82) is 0 Å². The van der Waals surface area contributed by atoms with Crippen molar-refractivity contribution in [1.82, 2.24) is 0 Å². The standard InChI is InChI=1S/C17H19NO2/c1-11(2)13-6-4-5-7-15(13)18-17(20)14-9-8-12(3)10-16(14)19/h4-11,19H,1-3H3,(H,18,20). The lowest BCUT2D eigenvalue weighted by Gasteiger charge is -2.14. The molecule has 0 heterocycles. The Kier molecular flexibility index (Phi) is 4.08. The molecule has 0 aromatic heterocycles. The van der Waals surface area contributed by atoms with Crippen LogP contribution in [0.4, 0.5) is 5.69 Å². The van der Waals surface area contributed by atoms with E-state index in [-0.39, 0.29) is 17.2 Å². The van der Waals surface area contributed by atoms with E-state index in [1.54, 1.807) is 12.1 Å². The van der Waals surface area contributed by atoms with Gasteiger partial charge in [-0.05, 0) is 42.2 Å². The van der Waals surface area contributed by atoms with Crippen LogP contribution >= 0.6 is 0 Å². The molecule has 3 nitrogen and oxygen atoms in total. The van der Waals surface area contributed by atoms with Gasteiger partial charge < -0.3 is 10.4 Å². The molecule has 0 atom stereocenters. The summed E-state index contributed by atoms with van der Waals surface area (Å²) in [7, 11) is 0. The highest BCUT2D eigenvalue weighted by molar-refractivity contribution is 6.06. The fraction of sp³-hybridized carbons (Fsp3) is 0.235. The summed E-state index contributed by atoms with van der Waals surface area (Å²) in [5, 5.41) is 12.7. The maximum atomic E-state index is 12.2. The molecule has 1 amide bonds. The lowest BCUT2D eigenvalue weighted by Crippen LogP contribution is -2.13. The maximum Gasteiger partial charge on any atom is 0.259 e. The van der Waals surface area contributed by atoms with Crippen LogP contribution in [0.1, 0.15) is 41.3 Å². The minimum atomic E-state index is -0.296. The van der Waals surface area contributed by atoms with Crippen molar-refractivity contribution >= 4 is 11.6 Å². The SMILES string of the molecule is Cc1ccc(C(=O)Nc2ccccc2C(C)C)c(O)c1. The Morgan fingerprint density at radius 1 is 1.15 bits per heavy atom. The number of hydrogen-bond acceptors (Lipinski definition) is 2. The molecule has 0 spiro atoms. The Bertz CT molecular complexity index is 633. The molecular formula is C17H19NO2. The number of amides is 1. The number of carbonyl (C=O) groups excluding carboxylic acids is 1. The Morgan fingerprint density at radius 3 is 2.50 bits per heavy atom. The number of aryl methyl sites for hydroxylation is 1. The van der Waals surface area contributed by atoms with Crippen molar-refractivity contribution in [3.05, 3.63) is 59.2 Å². The third-order valence-electron chi connectivity index (χ3n) is 3.23. The molecule has 0 saturated carbocycles. The van der Waals surface area contributed by atoms with Gasteiger partial charge in [0.05, 0.1) is 5.56 Å². The second kappa shape index (κ2) is 5.78. The summed E-state index contributed by atoms with van der Waals surface area (Å²) in [4.78, 5) is 12.2. The van der Waals surface area contributed by atoms with Crippen LogP contribution in [0.15, 0.2) is 42.5 Å². The summed E-state index contributed by atoms with van der Waals surface area (Å²) >= 11 is 0. The Morgan fingerprint density at radius 2 is 1.85 bits per heavy atom. The molecule has 3 heteroatoms. The number of nitrogens with one attached hydrogen (secondary N) is 1. The van der Waals surface area contributed by atoms with E-state index >= 15 is 0 Å². The lowest BCUT2D eigenvalue weighted by atomic mass is 10.0. The summed E-state index contributed by atoms with van der Waals surface area (Å²) < 4.78 is 0. The first-order valence-electron chi connectivity index (χ1n) is 6.69. The molecule has 104 valence electrons. The number of para-hydroxylation sites is 1. The monoisotopic (exact) mass is 269 g/mol. The summed E-state index contributed by atoms with van der Waals surface area (Å²) in [5.41, 5.74) is 3.07. The fourth-order valence-corrected chi connectivity index (χ4v) is 2.14. The molecule has 0 aliphatic rings. The average Bonchev–Trinajstić information content (AvgIpc) is 2.38. The van der Waals surface area contributed by atoms with Crippen LogP contribution in [0.2, 0.25) is 0 Å². The zero-order valence-corrected chi connectivity index (χ0v) is 12.0. The normalized spacial score (nSPS) is 10.6. The van der Waals surface area contributed by atoms with Gasteiger partial charge in [0.15, 0.2) is 0 Å². The highest BCUT2D eigenvalue weighted by Crippen LogP contribution is 2.25. The Hall–Kier alpha value is -2.29. The molecule has 2 rings (SSSR count). The molecule has 2 N–H and O–H groups in total. The number of anilines is 1. The van der Waals surface area contributed by atoms with Crippen LogP contribution in [0.25, 0.3) is 0 Å². The van der Waals surface area contributed by atoms with Crippen molar-refractivity contribution in [2.24, 2.45) is 0 Å². The van der Waals surface area contributed by atoms with E-state index in [1.807, 2.05) is 37.3 Å². The number of aromatic hydroxyl groups is 1. The average molecular weight is 269 g/mol. The lowest BCUT2D eigenvalue weighted by molar-refractivity contribution is 0.102. The van der Waals surface area contributed by atoms with E-state index in [0.717, 1.165) is 16.8 Å². The Labute approximate surface area is 119 Å². The van der Waals surface area contributed by atoms with E-state index < -0.39 is 0 Å². The number of rotatable bonds is 3. The summed E-state index contributed by atoms with van der Waals surface area (Å²) in [6, 6.07) is 12.7. The van der Waals surface area contributed by atoms with Crippen molar-refractivity contribution in [2.45, 2.75) is 26.7 Å². The van der Waals surface area contributed by atoms with Gasteiger partial charge in [0.25, 0.3) is 5.91 Å². The van der Waals surface area contributed by atoms with E-state index in [0.29, 0.717) is 5.92 Å². The third kappa shape index (κ3) is 2.99. The molecule has 0 unspecified atom stereocenters. The van der Waals surface area contributed by atoms with E-state index in [9.17, 15) is 9.90 Å². The molecule has 0 aliphatic heterocycles. The number of hydrogen-bond donors (Lipinski definition) is 2. The molecule has 0 aliphatic carbocycles. The Balaban J connectivity index is 2.28. The predicted octanol–water partition coefficient (Wildman–Crippen LogP) is 4.08. The van der Waals surface area contributed by atoms with Gasteiger partial charge in [0.2, 0.25) is 0 Å². The first-order valence-corrected chi connectivity index (χ1v) is 6.69. The van der Waals surface area contributed by atoms with Crippen molar-refractivity contribution in [3.8, 4) is 5.75 Å². The first-order chi connectivity index (χ1) is 9.49. The molecular weight excluding hydrogens is 250 g/mol. The van der Waals surface area contributed by atoms with Gasteiger partial charge in [-0.15, -0.1) is 0 Å². The minimum Gasteiger partial charge on any atom is -0.507 e. The van der Waals surface area contributed by atoms with Gasteiger partial charge in [-0.25, -0.2) is 0 Å². The van der Waals surface area contributed by atoms with Crippen LogP contribution in [-0.4, -0.2) is 11.0 Å². The molecule has 0 radical (unpaired) electrons. The maximum absolute atomic E-state index is 12.2. The van der Waals surface area contributed by atoms with Crippen molar-refractivity contribution in [3.63, 3.8) is 0 Å². The number of carbonyl (C=O) groups is 1. The van der Waals surface area contributed by atoms with Crippen LogP contribution in [0.5, 0.6) is 5.75 Å². The first kappa shape index (κ1) is 14.1. The van der Waals surface area contributed by atoms with E-state index in [2.05, 4.69) is 19.2 Å². The highest BCUT2D eigenvalue weighted by Gasteiger charge is 2.13. The molecule has 2 aromatic rings. The highest BCUT2D eigenvalue weighted by atomic mass is 16.3. The number of benzene rings is 2. The predicted molar refractivity (Wildman–Crippen MR) is 81.3 cm³/mol. The van der Waals surface area contributed by atoms with E-state index in [4.69, 9.17) is 0 Å². The van der Waals surface area contributed by atoms with Gasteiger partial charge in [-0.1, -0.05) is 38.1 Å². The molecule has 0 fully saturated rings. The summed E-state index contributed by atoms with van der Waals surface area (Å²) in [6.45, 7) is 6.03. The second-order valence-corrected chi connectivity index (χ2v) is 5.22. The van der Waals surface area contributed by atoms with Gasteiger partial charge in [-0.3, -0.25) is 4.79 Å². The van der Waals surface area contributed by atoms with Crippen LogP contribution in [-0.2, 0) is 0 Å². The zero-order valence-electron chi connectivity index (χ0n) is 12.0. The summed E-state index contributed by atoms with van der Waals surface area (Å²) in [6.07, 6.45) is 0. The number of phenols is 1. The van der Waals surface area contributed by atoms with Crippen molar-refractivity contribution < 1.29 is 9.90 Å². The molecule has 2 aromatic carbocycles. The second-order valence-electron chi connectivity index (χ2n) is 5.22. The van der Waals surface area contributed by atoms with Gasteiger partial charge in [0.1, 0.15) is 5.75 Å². The van der Waals surface area contributed by atoms with Gasteiger partial charge >= 0.3 is 0 Å². The molecule has 0 bridgehead atoms. The number of phenolic OH excluding ortho intramolecular Hbond substituents is 1. The van der Waals surface area contributed by atoms with Crippen LogP contribution in [0, 0.1) is 6.92 Å². The molecule has 20 heavy (non-hydrogen) atoms. The quantitative estimate of drug-likeness (QED) is 0.882. The molecule has 0 saturated heterocycles. The largest absolute Gasteiger partial charge is 0.507 e. The summed E-state index contributed by atoms with van der Waals surface area (Å²) in [5.74, 6) is 0.0262. The topological polar surface area (TPSA) is 49.3 Å².